The first kappa shape index (κ1) is 15.8. The summed E-state index contributed by atoms with van der Waals surface area (Å²) < 4.78 is 2.16. The molecule has 0 bridgehead atoms. The Bertz CT molecular complexity index is 871. The van der Waals surface area contributed by atoms with Crippen LogP contribution in [-0.4, -0.2) is 32.4 Å². The lowest BCUT2D eigenvalue weighted by molar-refractivity contribution is -0.0286. The van der Waals surface area contributed by atoms with E-state index in [1.165, 1.54) is 0 Å². The second-order valence-corrected chi connectivity index (χ2v) is 5.40. The fourth-order valence-electron chi connectivity index (χ4n) is 2.58. The zero-order valence-electron chi connectivity index (χ0n) is 13.0. The van der Waals surface area contributed by atoms with Crippen LogP contribution in [-0.2, 0) is 6.54 Å². The molecule has 2 heterocycles. The van der Waals surface area contributed by atoms with Crippen LogP contribution >= 0.6 is 0 Å². The Morgan fingerprint density at radius 2 is 2.12 bits per heavy atom. The lowest BCUT2D eigenvalue weighted by atomic mass is 10.2. The minimum Gasteiger partial charge on any atom is -0.350 e. The third-order valence-corrected chi connectivity index (χ3v) is 3.73. The maximum Gasteiger partial charge on any atom is 0.338 e. The molecule has 6 nitrogen and oxygen atoms in total. The smallest absolute Gasteiger partial charge is 0.338 e. The van der Waals surface area contributed by atoms with Crippen LogP contribution in [0, 0.1) is 0 Å². The molecule has 24 heavy (non-hydrogen) atoms. The van der Waals surface area contributed by atoms with Gasteiger partial charge in [-0.2, -0.15) is 0 Å². The zero-order chi connectivity index (χ0) is 16.9. The van der Waals surface area contributed by atoms with Crippen molar-refractivity contribution in [3.05, 3.63) is 72.2 Å². The van der Waals surface area contributed by atoms with Crippen molar-refractivity contribution in [2.45, 2.75) is 6.54 Å². The topological polar surface area (TPSA) is 84.4 Å². The molecule has 2 aromatic heterocycles. The van der Waals surface area contributed by atoms with Gasteiger partial charge in [0.05, 0.1) is 6.54 Å². The molecule has 0 aliphatic rings. The zero-order valence-corrected chi connectivity index (χ0v) is 13.0. The van der Waals surface area contributed by atoms with Gasteiger partial charge in [-0.15, -0.1) is 0 Å². The SMILES string of the molecule is NC(=O)N(O)CC=Cc1cc2ccccc2n1Cc1cccnc1. The summed E-state index contributed by atoms with van der Waals surface area (Å²) in [5, 5.41) is 10.9. The number of urea groups is 1. The Morgan fingerprint density at radius 1 is 1.29 bits per heavy atom. The second-order valence-electron chi connectivity index (χ2n) is 5.40. The number of carbonyl (C=O) groups is 1. The molecule has 0 aliphatic carbocycles. The highest BCUT2D eigenvalue weighted by Crippen LogP contribution is 2.22. The molecular weight excluding hydrogens is 304 g/mol. The van der Waals surface area contributed by atoms with Crippen LogP contribution in [0.15, 0.2) is 60.9 Å². The van der Waals surface area contributed by atoms with Crippen molar-refractivity contribution < 1.29 is 10.0 Å². The van der Waals surface area contributed by atoms with Crippen molar-refractivity contribution in [1.82, 2.24) is 14.6 Å². The van der Waals surface area contributed by atoms with Crippen molar-refractivity contribution in [2.75, 3.05) is 6.54 Å². The Labute approximate surface area is 139 Å². The van der Waals surface area contributed by atoms with Crippen molar-refractivity contribution in [1.29, 1.82) is 0 Å². The largest absolute Gasteiger partial charge is 0.350 e. The monoisotopic (exact) mass is 322 g/mol. The van der Waals surface area contributed by atoms with Gasteiger partial charge in [0.2, 0.25) is 0 Å². The van der Waals surface area contributed by atoms with Gasteiger partial charge in [0.15, 0.2) is 0 Å². The van der Waals surface area contributed by atoms with Gasteiger partial charge in [-0.05, 0) is 29.8 Å². The van der Waals surface area contributed by atoms with Gasteiger partial charge >= 0.3 is 6.03 Å². The molecule has 0 atom stereocenters. The van der Waals surface area contributed by atoms with Crippen molar-refractivity contribution in [2.24, 2.45) is 5.73 Å². The molecule has 0 saturated heterocycles. The molecule has 0 spiro atoms. The number of aromatic nitrogens is 2. The number of carbonyl (C=O) groups excluding carboxylic acids is 1. The van der Waals surface area contributed by atoms with Crippen LogP contribution in [0.5, 0.6) is 0 Å². The van der Waals surface area contributed by atoms with Crippen molar-refractivity contribution in [3.8, 4) is 0 Å². The maximum atomic E-state index is 10.8. The summed E-state index contributed by atoms with van der Waals surface area (Å²) in [7, 11) is 0. The van der Waals surface area contributed by atoms with Crippen LogP contribution in [0.3, 0.4) is 0 Å². The first-order chi connectivity index (χ1) is 11.6. The highest BCUT2D eigenvalue weighted by molar-refractivity contribution is 5.83. The van der Waals surface area contributed by atoms with E-state index in [0.717, 1.165) is 22.2 Å². The molecular formula is C18H18N4O2. The molecule has 3 rings (SSSR count). The third-order valence-electron chi connectivity index (χ3n) is 3.73. The van der Waals surface area contributed by atoms with Gasteiger partial charge in [-0.25, -0.2) is 9.86 Å². The number of amides is 2. The molecule has 3 N–H and O–H groups in total. The first-order valence-corrected chi connectivity index (χ1v) is 7.55. The molecule has 1 aromatic carbocycles. The molecule has 0 aliphatic heterocycles. The summed E-state index contributed by atoms with van der Waals surface area (Å²) in [6.07, 6.45) is 7.14. The molecule has 122 valence electrons. The summed E-state index contributed by atoms with van der Waals surface area (Å²) in [6.45, 7) is 0.712. The van der Waals surface area contributed by atoms with E-state index in [1.807, 2.05) is 42.6 Å². The van der Waals surface area contributed by atoms with Crippen LogP contribution in [0.4, 0.5) is 4.79 Å². The highest BCUT2D eigenvalue weighted by atomic mass is 16.5. The molecule has 6 heteroatoms. The summed E-state index contributed by atoms with van der Waals surface area (Å²) in [6, 6.07) is 13.2. The van der Waals surface area contributed by atoms with Gasteiger partial charge < -0.3 is 10.3 Å². The molecule has 3 aromatic rings. The van der Waals surface area contributed by atoms with Crippen LogP contribution in [0.25, 0.3) is 17.0 Å². The van der Waals surface area contributed by atoms with E-state index in [1.54, 1.807) is 12.3 Å². The Morgan fingerprint density at radius 3 is 2.88 bits per heavy atom. The van der Waals surface area contributed by atoms with E-state index >= 15 is 0 Å². The molecule has 0 fully saturated rings. The lowest BCUT2D eigenvalue weighted by Crippen LogP contribution is -2.32. The predicted octanol–water partition coefficient (Wildman–Crippen LogP) is 2.87. The standard InChI is InChI=1S/C18H18N4O2/c19-18(23)22(24)10-4-7-16-11-15-6-1-2-8-17(15)21(16)13-14-5-3-9-20-12-14/h1-9,11-12,24H,10,13H2,(H2,19,23). The maximum absolute atomic E-state index is 10.8. The van der Waals surface area contributed by atoms with Gasteiger partial charge in [0.1, 0.15) is 0 Å². The number of hydrogen-bond acceptors (Lipinski definition) is 3. The fraction of sp³-hybridized carbons (Fsp3) is 0.111. The van der Waals surface area contributed by atoms with E-state index < -0.39 is 6.03 Å². The number of hydroxylamine groups is 2. The van der Waals surface area contributed by atoms with Gasteiger partial charge in [0.25, 0.3) is 0 Å². The van der Waals surface area contributed by atoms with Crippen molar-refractivity contribution >= 4 is 23.0 Å². The minimum atomic E-state index is -0.879. The molecule has 0 saturated carbocycles. The lowest BCUT2D eigenvalue weighted by Gasteiger charge is -2.10. The number of nitrogens with zero attached hydrogens (tertiary/aromatic N) is 3. The fourth-order valence-corrected chi connectivity index (χ4v) is 2.58. The number of fused-ring (bicyclic) bond motifs is 1. The number of para-hydroxylation sites is 1. The van der Waals surface area contributed by atoms with Gasteiger partial charge in [0, 0.05) is 35.5 Å². The number of hydrogen-bond donors (Lipinski definition) is 2. The van der Waals surface area contributed by atoms with Gasteiger partial charge in [-0.3, -0.25) is 10.2 Å². The van der Waals surface area contributed by atoms with Crippen LogP contribution in [0.1, 0.15) is 11.3 Å². The number of pyridine rings is 1. The summed E-state index contributed by atoms with van der Waals surface area (Å²) in [4.78, 5) is 15.0. The summed E-state index contributed by atoms with van der Waals surface area (Å²) in [5.41, 5.74) is 8.17. The van der Waals surface area contributed by atoms with Crippen LogP contribution < -0.4 is 5.73 Å². The minimum absolute atomic E-state index is 0.0315. The van der Waals surface area contributed by atoms with E-state index in [2.05, 4.69) is 21.7 Å². The Balaban J connectivity index is 1.93. The van der Waals surface area contributed by atoms with E-state index in [4.69, 9.17) is 5.73 Å². The summed E-state index contributed by atoms with van der Waals surface area (Å²) >= 11 is 0. The van der Waals surface area contributed by atoms with E-state index in [0.29, 0.717) is 11.6 Å². The first-order valence-electron chi connectivity index (χ1n) is 7.55. The Kier molecular flexibility index (Phi) is 4.58. The average molecular weight is 322 g/mol. The number of rotatable bonds is 5. The van der Waals surface area contributed by atoms with Crippen molar-refractivity contribution in [3.63, 3.8) is 0 Å². The molecule has 0 unspecified atom stereocenters. The highest BCUT2D eigenvalue weighted by Gasteiger charge is 2.08. The predicted molar refractivity (Wildman–Crippen MR) is 92.4 cm³/mol. The number of primary amides is 1. The average Bonchev–Trinajstić information content (AvgIpc) is 2.93. The summed E-state index contributed by atoms with van der Waals surface area (Å²) in [5.74, 6) is 0. The van der Waals surface area contributed by atoms with E-state index in [9.17, 15) is 10.0 Å². The number of benzene rings is 1. The quantitative estimate of drug-likeness (QED) is 0.559. The van der Waals surface area contributed by atoms with Crippen LogP contribution in [0.2, 0.25) is 0 Å². The molecule has 2 amide bonds. The van der Waals surface area contributed by atoms with E-state index in [-0.39, 0.29) is 6.54 Å². The second kappa shape index (κ2) is 6.97. The number of nitrogens with two attached hydrogens (primary N) is 1. The third kappa shape index (κ3) is 3.44. The Hall–Kier alpha value is -3.12. The van der Waals surface area contributed by atoms with Gasteiger partial charge in [-0.1, -0.05) is 30.3 Å². The normalized spacial score (nSPS) is 11.2. The molecule has 0 radical (unpaired) electrons.